The monoisotopic (exact) mass is 374 g/mol. The molecule has 0 bridgehead atoms. The van der Waals surface area contributed by atoms with E-state index in [2.05, 4.69) is 6.92 Å². The van der Waals surface area contributed by atoms with Gasteiger partial charge in [-0.15, -0.1) is 12.4 Å². The second kappa shape index (κ2) is 28.1. The summed E-state index contributed by atoms with van der Waals surface area (Å²) in [6.45, 7) is 2.27. The Kier molecular flexibility index (Phi) is 39.1. The minimum atomic E-state index is -0.653. The van der Waals surface area contributed by atoms with E-state index in [0.717, 1.165) is 12.8 Å². The Morgan fingerprint density at radius 3 is 1.17 bits per heavy atom. The van der Waals surface area contributed by atoms with E-state index in [1.165, 1.54) is 83.5 Å². The van der Waals surface area contributed by atoms with Gasteiger partial charge in [0.1, 0.15) is 0 Å². The Bertz CT molecular complexity index is 219. The number of carboxylic acids is 1. The summed E-state index contributed by atoms with van der Waals surface area (Å²) in [5, 5.41) is 8.52. The molecule has 0 spiro atoms. The Morgan fingerprint density at radius 2 is 0.913 bits per heavy atom. The molecule has 0 saturated heterocycles. The molecule has 0 aromatic heterocycles. The Morgan fingerprint density at radius 1 is 0.652 bits per heavy atom. The number of rotatable bonds is 16. The van der Waals surface area contributed by atoms with Crippen LogP contribution in [0, 0.1) is 0 Å². The summed E-state index contributed by atoms with van der Waals surface area (Å²) >= 11 is 0. The second-order valence-electron chi connectivity index (χ2n) is 6.09. The van der Waals surface area contributed by atoms with E-state index in [1.54, 1.807) is 0 Å². The quantitative estimate of drug-likeness (QED) is 0.307. The van der Waals surface area contributed by atoms with Gasteiger partial charge in [-0.3, -0.25) is 4.79 Å². The first kappa shape index (κ1) is 32.0. The molecular formula is C18H41AlClNaO2. The molecule has 2 nitrogen and oxygen atoms in total. The predicted octanol–water partition coefficient (Wildman–Crippen LogP) is 4.92. The zero-order chi connectivity index (χ0) is 14.9. The normalized spacial score (nSPS) is 9.43. The van der Waals surface area contributed by atoms with Crippen molar-refractivity contribution in [2.24, 2.45) is 0 Å². The number of carboxylic acid groups (broad SMARTS) is 1. The van der Waals surface area contributed by atoms with Gasteiger partial charge in [0, 0.05) is 6.42 Å². The van der Waals surface area contributed by atoms with Gasteiger partial charge in [-0.25, -0.2) is 0 Å². The third kappa shape index (κ3) is 31.6. The van der Waals surface area contributed by atoms with Gasteiger partial charge in [0.2, 0.25) is 0 Å². The minimum absolute atomic E-state index is 0. The molecule has 23 heavy (non-hydrogen) atoms. The summed E-state index contributed by atoms with van der Waals surface area (Å²) < 4.78 is 0. The summed E-state index contributed by atoms with van der Waals surface area (Å²) in [5.74, 6) is -0.653. The van der Waals surface area contributed by atoms with Crippen LogP contribution < -0.4 is 0 Å². The summed E-state index contributed by atoms with van der Waals surface area (Å²) in [5.41, 5.74) is 0. The van der Waals surface area contributed by atoms with E-state index < -0.39 is 5.97 Å². The van der Waals surface area contributed by atoms with Crippen LogP contribution in [-0.2, 0) is 4.79 Å². The van der Waals surface area contributed by atoms with Crippen LogP contribution >= 0.6 is 12.4 Å². The van der Waals surface area contributed by atoms with Crippen molar-refractivity contribution in [1.82, 2.24) is 0 Å². The first-order valence-electron chi connectivity index (χ1n) is 8.99. The van der Waals surface area contributed by atoms with Crippen molar-refractivity contribution in [3.63, 3.8) is 0 Å². The van der Waals surface area contributed by atoms with Crippen LogP contribution in [0.3, 0.4) is 0 Å². The third-order valence-electron chi connectivity index (χ3n) is 3.99. The molecule has 5 heteroatoms. The van der Waals surface area contributed by atoms with Crippen LogP contribution in [0.15, 0.2) is 0 Å². The summed E-state index contributed by atoms with van der Waals surface area (Å²) in [4.78, 5) is 10.3. The second-order valence-corrected chi connectivity index (χ2v) is 6.09. The van der Waals surface area contributed by atoms with E-state index in [4.69, 9.17) is 5.11 Å². The molecule has 0 saturated carbocycles. The van der Waals surface area contributed by atoms with E-state index in [-0.39, 0.29) is 59.3 Å². The molecule has 1 N–H and O–H groups in total. The molecule has 0 atom stereocenters. The molecule has 0 aliphatic heterocycles. The van der Waals surface area contributed by atoms with Crippen molar-refractivity contribution in [2.75, 3.05) is 0 Å². The molecule has 0 radical (unpaired) electrons. The Balaban J connectivity index is -0.000000602. The Hall–Kier alpha value is 1.29. The number of carbonyl (C=O) groups is 1. The van der Waals surface area contributed by atoms with Crippen LogP contribution in [0.25, 0.3) is 0 Å². The van der Waals surface area contributed by atoms with E-state index in [1.807, 2.05) is 0 Å². The molecule has 0 fully saturated rings. The fraction of sp³-hybridized carbons (Fsp3) is 0.944. The number of aliphatic carboxylic acids is 1. The van der Waals surface area contributed by atoms with Crippen LogP contribution in [-0.4, -0.2) is 58.0 Å². The van der Waals surface area contributed by atoms with Gasteiger partial charge in [0.05, 0.1) is 0 Å². The van der Waals surface area contributed by atoms with Crippen molar-refractivity contribution in [3.05, 3.63) is 0 Å². The molecule has 0 amide bonds. The van der Waals surface area contributed by atoms with Gasteiger partial charge in [0.25, 0.3) is 0 Å². The standard InChI is InChI=1S/C18H36O2.Al.ClH.Na.4H/c1-2-3-4-5-6-7-8-9-10-11-12-13-14-15-16-17-18(19)20;;;;;;;/h2-17H2,1H3,(H,19,20);;1H;;;;;. The molecule has 0 aromatic carbocycles. The van der Waals surface area contributed by atoms with E-state index >= 15 is 0 Å². The number of hydrogen-bond acceptors (Lipinski definition) is 1. The SMILES string of the molecule is CCCCCCCCCCCCCCCCCC(=O)O.Cl.[AlH3].[NaH]. The molecular weight excluding hydrogens is 334 g/mol. The first-order valence-corrected chi connectivity index (χ1v) is 8.99. The van der Waals surface area contributed by atoms with E-state index in [0.29, 0.717) is 6.42 Å². The molecule has 0 heterocycles. The van der Waals surface area contributed by atoms with Crippen LogP contribution in [0.1, 0.15) is 110 Å². The summed E-state index contributed by atoms with van der Waals surface area (Å²) in [6.07, 6.45) is 20.2. The third-order valence-corrected chi connectivity index (χ3v) is 3.99. The van der Waals surface area contributed by atoms with Crippen molar-refractivity contribution >= 4 is 65.3 Å². The zero-order valence-electron chi connectivity index (χ0n) is 14.1. The van der Waals surface area contributed by atoms with Gasteiger partial charge < -0.3 is 5.11 Å². The average molecular weight is 375 g/mol. The maximum absolute atomic E-state index is 10.3. The van der Waals surface area contributed by atoms with Gasteiger partial charge >= 0.3 is 35.5 Å². The van der Waals surface area contributed by atoms with Crippen molar-refractivity contribution in [2.45, 2.75) is 110 Å². The number of halogens is 1. The molecule has 0 aromatic rings. The zero-order valence-corrected chi connectivity index (χ0v) is 14.9. The van der Waals surface area contributed by atoms with Crippen LogP contribution in [0.5, 0.6) is 0 Å². The van der Waals surface area contributed by atoms with E-state index in [9.17, 15) is 4.79 Å². The van der Waals surface area contributed by atoms with Gasteiger partial charge in [-0.05, 0) is 6.42 Å². The predicted molar refractivity (Wildman–Crippen MR) is 112 cm³/mol. The fourth-order valence-corrected chi connectivity index (χ4v) is 2.65. The fourth-order valence-electron chi connectivity index (χ4n) is 2.65. The van der Waals surface area contributed by atoms with Gasteiger partial charge in [0.15, 0.2) is 17.4 Å². The maximum atomic E-state index is 10.3. The topological polar surface area (TPSA) is 37.3 Å². The molecule has 136 valence electrons. The number of hydrogen-bond donors (Lipinski definition) is 1. The van der Waals surface area contributed by atoms with Crippen molar-refractivity contribution in [3.8, 4) is 0 Å². The van der Waals surface area contributed by atoms with Gasteiger partial charge in [-0.1, -0.05) is 96.8 Å². The van der Waals surface area contributed by atoms with Crippen LogP contribution in [0.4, 0.5) is 0 Å². The average Bonchev–Trinajstić information content (AvgIpc) is 2.43. The first-order chi connectivity index (χ1) is 9.77. The summed E-state index contributed by atoms with van der Waals surface area (Å²) in [6, 6.07) is 0. The van der Waals surface area contributed by atoms with Crippen molar-refractivity contribution < 1.29 is 9.90 Å². The molecule has 0 rings (SSSR count). The van der Waals surface area contributed by atoms with Crippen LogP contribution in [0.2, 0.25) is 0 Å². The summed E-state index contributed by atoms with van der Waals surface area (Å²) in [7, 11) is 0. The number of unbranched alkanes of at least 4 members (excludes halogenated alkanes) is 14. The van der Waals surface area contributed by atoms with Gasteiger partial charge in [-0.2, -0.15) is 0 Å². The molecule has 0 aliphatic rings. The molecule has 0 unspecified atom stereocenters. The van der Waals surface area contributed by atoms with Crippen molar-refractivity contribution in [1.29, 1.82) is 0 Å². The Labute approximate surface area is 183 Å². The molecule has 0 aliphatic carbocycles.